The minimum Gasteiger partial charge on any atom is -0.346 e. The monoisotopic (exact) mass is 302 g/mol. The lowest BCUT2D eigenvalue weighted by atomic mass is 10.2. The van der Waals surface area contributed by atoms with Crippen LogP contribution in [-0.2, 0) is 20.0 Å². The number of hydrogen-bond donors (Lipinski definition) is 1. The molecule has 1 amide bonds. The van der Waals surface area contributed by atoms with Gasteiger partial charge in [0.15, 0.2) is 11.9 Å². The lowest BCUT2D eigenvalue weighted by molar-refractivity contribution is -0.672. The summed E-state index contributed by atoms with van der Waals surface area (Å²) in [5.41, 5.74) is 1.06. The molecule has 2 aromatic rings. The molecule has 2 heterocycles. The summed E-state index contributed by atoms with van der Waals surface area (Å²) < 4.78 is 2.02. The van der Waals surface area contributed by atoms with E-state index in [-0.39, 0.29) is 17.3 Å². The molecule has 0 aromatic carbocycles. The molecular formula is C14H16N5OS+. The number of aromatic nitrogens is 3. The van der Waals surface area contributed by atoms with Crippen LogP contribution in [0.25, 0.3) is 0 Å². The van der Waals surface area contributed by atoms with Gasteiger partial charge >= 0.3 is 0 Å². The molecule has 0 unspecified atom stereocenters. The Kier molecular flexibility index (Phi) is 4.60. The molecular weight excluding hydrogens is 286 g/mol. The molecule has 0 aliphatic rings. The lowest BCUT2D eigenvalue weighted by Crippen LogP contribution is -2.28. The average Bonchev–Trinajstić information content (AvgIpc) is 2.82. The molecule has 1 N–H and O–H groups in total. The zero-order valence-corrected chi connectivity index (χ0v) is 13.0. The first-order chi connectivity index (χ1) is 10.0. The summed E-state index contributed by atoms with van der Waals surface area (Å²) >= 11 is 1.63. The number of rotatable bonds is 4. The highest BCUT2D eigenvalue weighted by Crippen LogP contribution is 2.09. The second-order valence-corrected chi connectivity index (χ2v) is 5.85. The van der Waals surface area contributed by atoms with Crippen LogP contribution in [0.2, 0.25) is 0 Å². The lowest BCUT2D eigenvalue weighted by Gasteiger charge is -2.04. The molecule has 0 saturated carbocycles. The topological polar surface area (TPSA) is 82.6 Å². The molecule has 2 rings (SSSR count). The molecule has 108 valence electrons. The predicted molar refractivity (Wildman–Crippen MR) is 77.5 cm³/mol. The van der Waals surface area contributed by atoms with Crippen molar-refractivity contribution in [2.24, 2.45) is 7.05 Å². The summed E-state index contributed by atoms with van der Waals surface area (Å²) in [5, 5.41) is 12.9. The van der Waals surface area contributed by atoms with Gasteiger partial charge in [0, 0.05) is 6.92 Å². The van der Waals surface area contributed by atoms with Crippen molar-refractivity contribution in [2.45, 2.75) is 26.8 Å². The maximum absolute atomic E-state index is 12.1. The summed E-state index contributed by atoms with van der Waals surface area (Å²) in [6.07, 6.45) is 3.89. The number of hydrogen-bond acceptors (Lipinski definition) is 5. The van der Waals surface area contributed by atoms with Gasteiger partial charge in [-0.2, -0.15) is 9.83 Å². The van der Waals surface area contributed by atoms with Gasteiger partial charge in [0.1, 0.15) is 18.8 Å². The zero-order chi connectivity index (χ0) is 15.4. The highest BCUT2D eigenvalue weighted by molar-refractivity contribution is 7.11. The van der Waals surface area contributed by atoms with Crippen LogP contribution in [0, 0.1) is 18.3 Å². The molecule has 0 aliphatic carbocycles. The predicted octanol–water partition coefficient (Wildman–Crippen LogP) is 1.04. The molecule has 7 heteroatoms. The van der Waals surface area contributed by atoms with Crippen LogP contribution in [-0.4, -0.2) is 15.9 Å². The van der Waals surface area contributed by atoms with Crippen LogP contribution in [0.3, 0.4) is 0 Å². The Hall–Kier alpha value is -2.33. The van der Waals surface area contributed by atoms with Gasteiger partial charge in [-0.3, -0.25) is 4.79 Å². The normalized spacial score (nSPS) is 10.2. The first-order valence-electron chi connectivity index (χ1n) is 6.54. The second kappa shape index (κ2) is 6.41. The van der Waals surface area contributed by atoms with Gasteiger partial charge in [-0.1, -0.05) is 18.3 Å². The summed E-state index contributed by atoms with van der Waals surface area (Å²) in [6, 6.07) is 1.97. The smallest absolute Gasteiger partial charge is 0.271 e. The van der Waals surface area contributed by atoms with E-state index in [2.05, 4.69) is 15.3 Å². The number of nitrogens with one attached hydrogen (secondary N) is 1. The maximum Gasteiger partial charge on any atom is 0.271 e. The van der Waals surface area contributed by atoms with E-state index < -0.39 is 0 Å². The van der Waals surface area contributed by atoms with E-state index in [1.54, 1.807) is 11.3 Å². The summed E-state index contributed by atoms with van der Waals surface area (Å²) in [6.45, 7) is 4.35. The highest BCUT2D eigenvalue weighted by atomic mass is 32.1. The fourth-order valence-electron chi connectivity index (χ4n) is 1.81. The van der Waals surface area contributed by atoms with Gasteiger partial charge in [-0.25, -0.2) is 9.97 Å². The fourth-order valence-corrected chi connectivity index (χ4v) is 2.74. The largest absolute Gasteiger partial charge is 0.346 e. The Morgan fingerprint density at radius 2 is 2.33 bits per heavy atom. The van der Waals surface area contributed by atoms with Crippen LogP contribution in [0.1, 0.15) is 38.7 Å². The minimum absolute atomic E-state index is 0.239. The molecule has 0 fully saturated rings. The number of nitriles is 1. The Labute approximate surface area is 127 Å². The van der Waals surface area contributed by atoms with Crippen molar-refractivity contribution in [1.29, 1.82) is 5.26 Å². The molecule has 0 atom stereocenters. The van der Waals surface area contributed by atoms with E-state index in [4.69, 9.17) is 5.26 Å². The molecule has 0 radical (unpaired) electrons. The van der Waals surface area contributed by atoms with Crippen LogP contribution < -0.4 is 9.88 Å². The Morgan fingerprint density at radius 1 is 1.57 bits per heavy atom. The van der Waals surface area contributed by atoms with Crippen molar-refractivity contribution in [3.8, 4) is 6.07 Å². The van der Waals surface area contributed by atoms with E-state index in [1.807, 2.05) is 37.7 Å². The molecule has 21 heavy (non-hydrogen) atoms. The van der Waals surface area contributed by atoms with Gasteiger partial charge in [-0.05, 0) is 6.42 Å². The number of carbonyl (C=O) groups is 1. The maximum atomic E-state index is 12.1. The number of thiazole rings is 1. The van der Waals surface area contributed by atoms with Crippen molar-refractivity contribution >= 4 is 17.2 Å². The van der Waals surface area contributed by atoms with Crippen molar-refractivity contribution in [3.05, 3.63) is 39.4 Å². The zero-order valence-electron chi connectivity index (χ0n) is 12.2. The summed E-state index contributed by atoms with van der Waals surface area (Å²) in [5.74, 6) is -0.282. The molecule has 0 aliphatic heterocycles. The Balaban J connectivity index is 2.08. The van der Waals surface area contributed by atoms with Gasteiger partial charge in [0.25, 0.3) is 5.91 Å². The van der Waals surface area contributed by atoms with E-state index in [0.717, 1.165) is 4.88 Å². The quantitative estimate of drug-likeness (QED) is 0.855. The molecule has 0 spiro atoms. The molecule has 0 saturated heterocycles. The van der Waals surface area contributed by atoms with Crippen LogP contribution >= 0.6 is 11.3 Å². The van der Waals surface area contributed by atoms with Crippen LogP contribution in [0.15, 0.2) is 12.4 Å². The number of carbonyl (C=O) groups excluding carboxylic acids is 1. The van der Waals surface area contributed by atoms with Gasteiger partial charge in [-0.15, -0.1) is 0 Å². The number of amides is 1. The average molecular weight is 302 g/mol. The van der Waals surface area contributed by atoms with Crippen molar-refractivity contribution in [1.82, 2.24) is 15.3 Å². The van der Waals surface area contributed by atoms with Gasteiger partial charge in [0.05, 0.1) is 23.3 Å². The minimum atomic E-state index is -0.282. The first-order valence-corrected chi connectivity index (χ1v) is 7.36. The third-order valence-corrected chi connectivity index (χ3v) is 4.15. The fraction of sp³-hybridized carbons (Fsp3) is 0.357. The van der Waals surface area contributed by atoms with Crippen molar-refractivity contribution in [2.75, 3.05) is 0 Å². The van der Waals surface area contributed by atoms with Crippen LogP contribution in [0.5, 0.6) is 0 Å². The molecule has 2 aromatic heterocycles. The van der Waals surface area contributed by atoms with E-state index in [1.165, 1.54) is 11.2 Å². The number of aryl methyl sites for hydroxylation is 3. The Morgan fingerprint density at radius 3 is 2.90 bits per heavy atom. The van der Waals surface area contributed by atoms with Gasteiger partial charge in [0.2, 0.25) is 5.01 Å². The van der Waals surface area contributed by atoms with E-state index >= 15 is 0 Å². The van der Waals surface area contributed by atoms with E-state index in [0.29, 0.717) is 18.7 Å². The summed E-state index contributed by atoms with van der Waals surface area (Å²) in [4.78, 5) is 21.3. The second-order valence-electron chi connectivity index (χ2n) is 4.53. The summed E-state index contributed by atoms with van der Waals surface area (Å²) in [7, 11) is 1.97. The SMILES string of the molecule is CCc1nc(C(=O)NCc2c[n+](C)c(C)s2)cnc1C#N. The molecule has 0 bridgehead atoms. The van der Waals surface area contributed by atoms with Crippen molar-refractivity contribution < 1.29 is 9.36 Å². The standard InChI is InChI=1S/C14H15N5OS/c1-4-11-12(5-15)16-7-13(18-11)14(20)17-6-10-8-19(3)9(2)21-10/h7-8H,4,6H2,1-3H3/p+1. The highest BCUT2D eigenvalue weighted by Gasteiger charge is 2.14. The molecule has 6 nitrogen and oxygen atoms in total. The first kappa shape index (κ1) is 15.1. The van der Waals surface area contributed by atoms with Gasteiger partial charge < -0.3 is 5.32 Å². The third kappa shape index (κ3) is 3.41. The van der Waals surface area contributed by atoms with E-state index in [9.17, 15) is 4.79 Å². The van der Waals surface area contributed by atoms with Crippen LogP contribution in [0.4, 0.5) is 0 Å². The van der Waals surface area contributed by atoms with Crippen molar-refractivity contribution in [3.63, 3.8) is 0 Å². The Bertz CT molecular complexity index is 697. The number of nitrogens with zero attached hydrogens (tertiary/aromatic N) is 4. The third-order valence-electron chi connectivity index (χ3n) is 3.05.